The maximum absolute atomic E-state index is 6.16. The van der Waals surface area contributed by atoms with Crippen molar-refractivity contribution in [2.45, 2.75) is 0 Å². The Kier molecular flexibility index (Phi) is 4.26. The van der Waals surface area contributed by atoms with E-state index < -0.39 is 0 Å². The van der Waals surface area contributed by atoms with E-state index in [2.05, 4.69) is 16.1 Å². The second kappa shape index (κ2) is 7.28. The largest absolute Gasteiger partial charge is 0.497 e. The molecule has 32 heavy (non-hydrogen) atoms. The van der Waals surface area contributed by atoms with Crippen molar-refractivity contribution in [3.05, 3.63) is 84.1 Å². The molecule has 0 saturated carbocycles. The lowest BCUT2D eigenvalue weighted by Gasteiger charge is -2.12. The number of methoxy groups -OCH3 is 1. The molecule has 0 unspecified atom stereocenters. The second-order valence-corrected chi connectivity index (χ2v) is 7.87. The van der Waals surface area contributed by atoms with Gasteiger partial charge in [0.15, 0.2) is 17.1 Å². The van der Waals surface area contributed by atoms with E-state index in [-0.39, 0.29) is 0 Å². The standard InChI is InChI=1S/C25H16ClN5O/c1-32-20-7-4-15(5-8-20)21-13-16-3-2-10-27-23(16)30-25(21)31-24-18(14-28-31)11-17-12-19(26)6-9-22(17)29-24/h2-14H,1H3. The summed E-state index contributed by atoms with van der Waals surface area (Å²) >= 11 is 6.16. The summed E-state index contributed by atoms with van der Waals surface area (Å²) in [4.78, 5) is 14.2. The zero-order valence-electron chi connectivity index (χ0n) is 17.0. The number of hydrogen-bond acceptors (Lipinski definition) is 5. The van der Waals surface area contributed by atoms with Crippen LogP contribution in [-0.2, 0) is 0 Å². The number of pyridine rings is 3. The van der Waals surface area contributed by atoms with E-state index in [1.54, 1.807) is 24.2 Å². The van der Waals surface area contributed by atoms with Gasteiger partial charge in [0, 0.05) is 32.9 Å². The van der Waals surface area contributed by atoms with E-state index in [1.807, 2.05) is 60.7 Å². The minimum Gasteiger partial charge on any atom is -0.497 e. The van der Waals surface area contributed by atoms with Crippen LogP contribution in [0.3, 0.4) is 0 Å². The molecule has 0 bridgehead atoms. The lowest BCUT2D eigenvalue weighted by atomic mass is 10.0. The molecule has 6 rings (SSSR count). The number of hydrogen-bond donors (Lipinski definition) is 0. The van der Waals surface area contributed by atoms with E-state index in [4.69, 9.17) is 26.3 Å². The molecule has 0 saturated heterocycles. The van der Waals surface area contributed by atoms with Crippen molar-refractivity contribution in [3.8, 4) is 22.7 Å². The molecule has 0 spiro atoms. The molecule has 0 aliphatic heterocycles. The van der Waals surface area contributed by atoms with E-state index in [9.17, 15) is 0 Å². The molecule has 0 fully saturated rings. The van der Waals surface area contributed by atoms with Crippen LogP contribution in [0.2, 0.25) is 5.02 Å². The lowest BCUT2D eigenvalue weighted by Crippen LogP contribution is -2.04. The highest BCUT2D eigenvalue weighted by atomic mass is 35.5. The Morgan fingerprint density at radius 3 is 2.59 bits per heavy atom. The van der Waals surface area contributed by atoms with Crippen LogP contribution in [-0.4, -0.2) is 31.8 Å². The highest BCUT2D eigenvalue weighted by molar-refractivity contribution is 6.31. The Bertz CT molecular complexity index is 1630. The highest BCUT2D eigenvalue weighted by Gasteiger charge is 2.16. The molecule has 0 N–H and O–H groups in total. The van der Waals surface area contributed by atoms with E-state index in [1.165, 1.54) is 0 Å². The highest BCUT2D eigenvalue weighted by Crippen LogP contribution is 2.32. The number of nitrogens with zero attached hydrogens (tertiary/aromatic N) is 5. The Labute approximate surface area is 188 Å². The third-order valence-corrected chi connectivity index (χ3v) is 5.70. The molecule has 6 nitrogen and oxygen atoms in total. The maximum Gasteiger partial charge on any atom is 0.166 e. The predicted molar refractivity (Wildman–Crippen MR) is 126 cm³/mol. The van der Waals surface area contributed by atoms with Crippen molar-refractivity contribution in [1.82, 2.24) is 24.7 Å². The average Bonchev–Trinajstić information content (AvgIpc) is 3.24. The van der Waals surface area contributed by atoms with E-state index in [0.29, 0.717) is 16.5 Å². The zero-order chi connectivity index (χ0) is 21.7. The molecule has 0 aliphatic rings. The number of halogens is 1. The summed E-state index contributed by atoms with van der Waals surface area (Å²) in [6.45, 7) is 0. The summed E-state index contributed by atoms with van der Waals surface area (Å²) in [6, 6.07) is 21.6. The normalized spacial score (nSPS) is 11.4. The van der Waals surface area contributed by atoms with Gasteiger partial charge in [0.05, 0.1) is 18.8 Å². The van der Waals surface area contributed by atoms with Gasteiger partial charge in [-0.2, -0.15) is 9.78 Å². The topological polar surface area (TPSA) is 65.7 Å². The number of fused-ring (bicyclic) bond motifs is 3. The molecule has 0 atom stereocenters. The monoisotopic (exact) mass is 437 g/mol. The molecule has 6 aromatic rings. The Balaban J connectivity index is 1.64. The van der Waals surface area contributed by atoms with Gasteiger partial charge in [0.2, 0.25) is 0 Å². The lowest BCUT2D eigenvalue weighted by molar-refractivity contribution is 0.415. The number of rotatable bonds is 3. The van der Waals surface area contributed by atoms with Crippen molar-refractivity contribution >= 4 is 44.6 Å². The smallest absolute Gasteiger partial charge is 0.166 e. The summed E-state index contributed by atoms with van der Waals surface area (Å²) in [5.41, 5.74) is 4.13. The fourth-order valence-corrected chi connectivity index (χ4v) is 4.07. The molecular weight excluding hydrogens is 422 g/mol. The van der Waals surface area contributed by atoms with E-state index in [0.717, 1.165) is 44.2 Å². The average molecular weight is 438 g/mol. The van der Waals surface area contributed by atoms with Crippen molar-refractivity contribution in [3.63, 3.8) is 0 Å². The van der Waals surface area contributed by atoms with Gasteiger partial charge in [0.1, 0.15) is 5.75 Å². The molecule has 2 aromatic carbocycles. The molecule has 0 radical (unpaired) electrons. The fraction of sp³-hybridized carbons (Fsp3) is 0.0400. The van der Waals surface area contributed by atoms with Crippen LogP contribution in [0, 0.1) is 0 Å². The first-order valence-electron chi connectivity index (χ1n) is 10.0. The fourth-order valence-electron chi connectivity index (χ4n) is 3.89. The summed E-state index contributed by atoms with van der Waals surface area (Å²) in [7, 11) is 1.66. The van der Waals surface area contributed by atoms with Crippen molar-refractivity contribution in [2.24, 2.45) is 0 Å². The molecule has 4 heterocycles. The first kappa shape index (κ1) is 18.7. The van der Waals surface area contributed by atoms with Crippen LogP contribution >= 0.6 is 11.6 Å². The number of ether oxygens (including phenoxy) is 1. The van der Waals surface area contributed by atoms with Crippen LogP contribution in [0.15, 0.2) is 79.1 Å². The van der Waals surface area contributed by atoms with Gasteiger partial charge < -0.3 is 4.74 Å². The third kappa shape index (κ3) is 3.04. The van der Waals surface area contributed by atoms with Gasteiger partial charge in [0.25, 0.3) is 0 Å². The van der Waals surface area contributed by atoms with Gasteiger partial charge in [-0.25, -0.2) is 15.0 Å². The SMILES string of the molecule is COc1ccc(-c2cc3cccnc3nc2-n2ncc3cc4cc(Cl)ccc4nc32)cc1. The van der Waals surface area contributed by atoms with Gasteiger partial charge in [-0.15, -0.1) is 0 Å². The molecule has 0 amide bonds. The predicted octanol–water partition coefficient (Wildman–Crippen LogP) is 5.85. The van der Waals surface area contributed by atoms with Crippen LogP contribution in [0.25, 0.3) is 49.9 Å². The van der Waals surface area contributed by atoms with Gasteiger partial charge in [-0.3, -0.25) is 0 Å². The van der Waals surface area contributed by atoms with E-state index >= 15 is 0 Å². The molecule has 4 aromatic heterocycles. The van der Waals surface area contributed by atoms with Crippen LogP contribution in [0.4, 0.5) is 0 Å². The molecule has 0 aliphatic carbocycles. The Hall–Kier alpha value is -4.03. The minimum atomic E-state index is 0.649. The Morgan fingerprint density at radius 2 is 1.75 bits per heavy atom. The summed E-state index contributed by atoms with van der Waals surface area (Å²) in [6.07, 6.45) is 3.54. The number of aromatic nitrogens is 5. The van der Waals surface area contributed by atoms with Crippen molar-refractivity contribution < 1.29 is 4.74 Å². The first-order valence-corrected chi connectivity index (χ1v) is 10.4. The zero-order valence-corrected chi connectivity index (χ0v) is 17.8. The first-order chi connectivity index (χ1) is 15.7. The molecular formula is C25H16ClN5O. The van der Waals surface area contributed by atoms with Crippen molar-refractivity contribution in [1.29, 1.82) is 0 Å². The quantitative estimate of drug-likeness (QED) is 0.347. The van der Waals surface area contributed by atoms with Gasteiger partial charge in [-0.05, 0) is 60.2 Å². The van der Waals surface area contributed by atoms with Crippen LogP contribution in [0.1, 0.15) is 0 Å². The maximum atomic E-state index is 6.16. The molecule has 7 heteroatoms. The van der Waals surface area contributed by atoms with Crippen molar-refractivity contribution in [2.75, 3.05) is 7.11 Å². The van der Waals surface area contributed by atoms with Crippen LogP contribution in [0.5, 0.6) is 5.75 Å². The van der Waals surface area contributed by atoms with Crippen LogP contribution < -0.4 is 4.74 Å². The summed E-state index contributed by atoms with van der Waals surface area (Å²) in [5.74, 6) is 1.46. The second-order valence-electron chi connectivity index (χ2n) is 7.43. The molecule has 154 valence electrons. The Morgan fingerprint density at radius 1 is 0.875 bits per heavy atom. The third-order valence-electron chi connectivity index (χ3n) is 5.47. The van der Waals surface area contributed by atoms with Gasteiger partial charge >= 0.3 is 0 Å². The van der Waals surface area contributed by atoms with Gasteiger partial charge in [-0.1, -0.05) is 23.7 Å². The number of benzene rings is 2. The summed E-state index contributed by atoms with van der Waals surface area (Å²) in [5, 5.41) is 8.14. The minimum absolute atomic E-state index is 0.649. The summed E-state index contributed by atoms with van der Waals surface area (Å²) < 4.78 is 7.10.